The molecule has 0 saturated carbocycles. The third-order valence-electron chi connectivity index (χ3n) is 5.17. The van der Waals surface area contributed by atoms with Crippen LogP contribution in [0.3, 0.4) is 0 Å². The van der Waals surface area contributed by atoms with Crippen LogP contribution in [0.15, 0.2) is 53.6 Å². The van der Waals surface area contributed by atoms with Gasteiger partial charge in [0.05, 0.1) is 26.1 Å². The van der Waals surface area contributed by atoms with Gasteiger partial charge in [-0.05, 0) is 25.3 Å². The largest absolute Gasteiger partial charge is 0.465 e. The van der Waals surface area contributed by atoms with E-state index >= 15 is 0 Å². The molecule has 1 unspecified atom stereocenters. The van der Waals surface area contributed by atoms with Gasteiger partial charge in [-0.2, -0.15) is 10.1 Å². The van der Waals surface area contributed by atoms with E-state index in [0.717, 1.165) is 10.8 Å². The number of aromatic nitrogens is 4. The first-order chi connectivity index (χ1) is 17.8. The molecule has 4 rings (SSSR count). The molecule has 37 heavy (non-hydrogen) atoms. The molecule has 0 aliphatic rings. The average Bonchev–Trinajstić information content (AvgIpc) is 3.27. The lowest BCUT2D eigenvalue weighted by molar-refractivity contribution is -0.144. The molecule has 0 aliphatic carbocycles. The summed E-state index contributed by atoms with van der Waals surface area (Å²) >= 11 is 0. The first-order valence-electron chi connectivity index (χ1n) is 11.4. The van der Waals surface area contributed by atoms with Gasteiger partial charge in [0.2, 0.25) is 5.95 Å². The zero-order valence-electron chi connectivity index (χ0n) is 20.2. The number of ether oxygens (including phenoxy) is 2. The van der Waals surface area contributed by atoms with Gasteiger partial charge in [-0.3, -0.25) is 23.7 Å². The van der Waals surface area contributed by atoms with Crippen molar-refractivity contribution in [3.8, 4) is 5.75 Å². The Labute approximate surface area is 211 Å². The second-order valence-corrected chi connectivity index (χ2v) is 9.57. The van der Waals surface area contributed by atoms with E-state index in [2.05, 4.69) is 20.0 Å². The third-order valence-corrected chi connectivity index (χ3v) is 6.84. The second-order valence-electron chi connectivity index (χ2n) is 7.88. The van der Waals surface area contributed by atoms with Gasteiger partial charge in [0, 0.05) is 5.39 Å². The number of nitrogens with one attached hydrogen (secondary N) is 2. The Morgan fingerprint density at radius 3 is 2.81 bits per heavy atom. The maximum Gasteiger partial charge on any atom is 0.459 e. The topological polar surface area (TPSA) is 173 Å². The van der Waals surface area contributed by atoms with E-state index in [-0.39, 0.29) is 43.7 Å². The normalized spacial score (nSPS) is 13.9. The number of nitrogen functional groups attached to an aromatic ring is 1. The molecule has 14 heteroatoms. The summed E-state index contributed by atoms with van der Waals surface area (Å²) in [5.41, 5.74) is 5.53. The number of nitrogens with two attached hydrogens (primary N) is 1. The minimum atomic E-state index is -4.06. The molecule has 0 amide bonds. The highest BCUT2D eigenvalue weighted by atomic mass is 31.2. The summed E-state index contributed by atoms with van der Waals surface area (Å²) in [6.45, 7) is 3.18. The van der Waals surface area contributed by atoms with Crippen molar-refractivity contribution < 1.29 is 27.9 Å². The molecule has 2 aromatic heterocycles. The standard InChI is InChI=1S/C23H27N6O7P/c1-3-34-22(31)15(2)28-37(32,36-18-10-6-8-16-7-4-5-9-17(16)18)35-12-11-33-14-29-13-25-19-20(29)26-23(24)27-21(19)30/h4-10,13,15H,3,11-12,14H2,1-2H3,(H,28,32)(H3,24,26,27,30)/t15-,37?/m0/s1. The smallest absolute Gasteiger partial charge is 0.459 e. The molecule has 0 aliphatic heterocycles. The Morgan fingerprint density at radius 1 is 1.22 bits per heavy atom. The first kappa shape index (κ1) is 26.3. The maximum absolute atomic E-state index is 13.7. The lowest BCUT2D eigenvalue weighted by Gasteiger charge is -2.23. The van der Waals surface area contributed by atoms with Gasteiger partial charge in [0.25, 0.3) is 5.56 Å². The van der Waals surface area contributed by atoms with E-state index in [4.69, 9.17) is 24.3 Å². The molecule has 13 nitrogen and oxygen atoms in total. The van der Waals surface area contributed by atoms with E-state index in [9.17, 15) is 14.2 Å². The van der Waals surface area contributed by atoms with Gasteiger partial charge in [-0.25, -0.2) is 9.55 Å². The number of hydrogen-bond donors (Lipinski definition) is 3. The van der Waals surface area contributed by atoms with E-state index in [1.807, 2.05) is 30.3 Å². The van der Waals surface area contributed by atoms with Gasteiger partial charge in [0.15, 0.2) is 11.2 Å². The molecule has 2 atom stereocenters. The van der Waals surface area contributed by atoms with Crippen molar-refractivity contribution >= 4 is 41.6 Å². The molecule has 0 spiro atoms. The number of fused-ring (bicyclic) bond motifs is 2. The SMILES string of the molecule is CCOC(=O)[C@H](C)NP(=O)(OCCOCn1cnc2c(=O)[nH]c(N)nc21)Oc1cccc2ccccc12. The predicted octanol–water partition coefficient (Wildman–Crippen LogP) is 2.57. The number of hydrogen-bond acceptors (Lipinski definition) is 10. The van der Waals surface area contributed by atoms with Crippen LogP contribution in [-0.4, -0.2) is 51.4 Å². The van der Waals surface area contributed by atoms with E-state index < -0.39 is 25.3 Å². The van der Waals surface area contributed by atoms with Gasteiger partial charge in [-0.15, -0.1) is 0 Å². The first-order valence-corrected chi connectivity index (χ1v) is 13.0. The summed E-state index contributed by atoms with van der Waals surface area (Å²) in [7, 11) is -4.06. The fourth-order valence-electron chi connectivity index (χ4n) is 3.50. The number of benzene rings is 2. The van der Waals surface area contributed by atoms with Gasteiger partial charge in [0.1, 0.15) is 18.5 Å². The number of aromatic amines is 1. The van der Waals surface area contributed by atoms with Gasteiger partial charge in [-0.1, -0.05) is 36.4 Å². The zero-order valence-corrected chi connectivity index (χ0v) is 21.1. The van der Waals surface area contributed by atoms with Crippen LogP contribution in [0.5, 0.6) is 5.75 Å². The number of anilines is 1. The summed E-state index contributed by atoms with van der Waals surface area (Å²) in [5.74, 6) is -0.321. The minimum Gasteiger partial charge on any atom is -0.465 e. The summed E-state index contributed by atoms with van der Waals surface area (Å²) in [4.78, 5) is 34.5. The quantitative estimate of drug-likeness (QED) is 0.140. The van der Waals surface area contributed by atoms with Crippen molar-refractivity contribution in [2.24, 2.45) is 0 Å². The Hall–Kier alpha value is -3.77. The van der Waals surface area contributed by atoms with E-state index in [1.54, 1.807) is 19.1 Å². The highest BCUT2D eigenvalue weighted by Gasteiger charge is 2.32. The van der Waals surface area contributed by atoms with Crippen LogP contribution in [0.2, 0.25) is 0 Å². The molecule has 4 N–H and O–H groups in total. The number of rotatable bonds is 12. The monoisotopic (exact) mass is 530 g/mol. The van der Waals surface area contributed by atoms with Crippen LogP contribution in [-0.2, 0) is 30.1 Å². The van der Waals surface area contributed by atoms with Crippen LogP contribution in [0.1, 0.15) is 13.8 Å². The summed E-state index contributed by atoms with van der Waals surface area (Å²) in [6.07, 6.45) is 1.39. The number of imidazole rings is 1. The van der Waals surface area contributed by atoms with Crippen LogP contribution in [0, 0.1) is 0 Å². The average molecular weight is 530 g/mol. The molecule has 4 aromatic rings. The fraction of sp³-hybridized carbons (Fsp3) is 0.304. The summed E-state index contributed by atoms with van der Waals surface area (Å²) in [6, 6.07) is 11.8. The van der Waals surface area contributed by atoms with Crippen LogP contribution in [0.25, 0.3) is 21.9 Å². The van der Waals surface area contributed by atoms with Crippen molar-refractivity contribution in [3.05, 3.63) is 59.1 Å². The number of H-pyrrole nitrogens is 1. The highest BCUT2D eigenvalue weighted by molar-refractivity contribution is 7.52. The summed E-state index contributed by atoms with van der Waals surface area (Å²) < 4.78 is 37.2. The number of nitrogens with zero attached hydrogens (tertiary/aromatic N) is 3. The number of carbonyl (C=O) groups is 1. The Bertz CT molecular complexity index is 1500. The summed E-state index contributed by atoms with van der Waals surface area (Å²) in [5, 5.41) is 4.25. The molecule has 0 radical (unpaired) electrons. The minimum absolute atomic E-state index is 0.00327. The molecule has 2 aromatic carbocycles. The third kappa shape index (κ3) is 6.33. The molecule has 0 bridgehead atoms. The van der Waals surface area contributed by atoms with Crippen LogP contribution >= 0.6 is 7.75 Å². The second kappa shape index (κ2) is 11.5. The maximum atomic E-state index is 13.7. The predicted molar refractivity (Wildman–Crippen MR) is 136 cm³/mol. The zero-order chi connectivity index (χ0) is 26.4. The lowest BCUT2D eigenvalue weighted by atomic mass is 10.1. The molecule has 196 valence electrons. The van der Waals surface area contributed by atoms with Gasteiger partial charge >= 0.3 is 13.7 Å². The molecule has 2 heterocycles. The van der Waals surface area contributed by atoms with Crippen molar-refractivity contribution in [2.45, 2.75) is 26.6 Å². The van der Waals surface area contributed by atoms with Gasteiger partial charge < -0.3 is 19.7 Å². The molecular formula is C23H27N6O7P. The van der Waals surface area contributed by atoms with Crippen LogP contribution in [0.4, 0.5) is 5.95 Å². The molecule has 0 saturated heterocycles. The Kier molecular flexibility index (Phi) is 8.19. The van der Waals surface area contributed by atoms with Crippen molar-refractivity contribution in [1.82, 2.24) is 24.6 Å². The highest BCUT2D eigenvalue weighted by Crippen LogP contribution is 2.46. The van der Waals surface area contributed by atoms with Crippen molar-refractivity contribution in [3.63, 3.8) is 0 Å². The number of carbonyl (C=O) groups excluding carboxylic acids is 1. The van der Waals surface area contributed by atoms with E-state index in [1.165, 1.54) is 17.8 Å². The Balaban J connectivity index is 1.44. The molecule has 0 fully saturated rings. The van der Waals surface area contributed by atoms with Crippen molar-refractivity contribution in [2.75, 3.05) is 25.6 Å². The fourth-order valence-corrected chi connectivity index (χ4v) is 4.99. The van der Waals surface area contributed by atoms with Crippen LogP contribution < -0.4 is 20.9 Å². The number of esters is 1. The Morgan fingerprint density at radius 2 is 2.00 bits per heavy atom. The van der Waals surface area contributed by atoms with E-state index in [0.29, 0.717) is 5.75 Å². The van der Waals surface area contributed by atoms with Crippen molar-refractivity contribution in [1.29, 1.82) is 0 Å². The molecular weight excluding hydrogens is 503 g/mol. The lowest BCUT2D eigenvalue weighted by Crippen LogP contribution is -2.35.